The van der Waals surface area contributed by atoms with Gasteiger partial charge in [0.15, 0.2) is 0 Å². The van der Waals surface area contributed by atoms with Crippen molar-refractivity contribution in [1.29, 1.82) is 0 Å². The van der Waals surface area contributed by atoms with Crippen LogP contribution in [0.3, 0.4) is 0 Å². The van der Waals surface area contributed by atoms with Gasteiger partial charge in [-0.05, 0) is 37.9 Å². The molecule has 1 saturated heterocycles. The van der Waals surface area contributed by atoms with Crippen molar-refractivity contribution in [3.63, 3.8) is 0 Å². The summed E-state index contributed by atoms with van der Waals surface area (Å²) in [6, 6.07) is -0.137. The van der Waals surface area contributed by atoms with Gasteiger partial charge in [0.25, 0.3) is 0 Å². The standard InChI is InChI=1S/C13H22N2O3S/c16-12(17)9-4-5-10(7-9)15-13(18)14-8-11-3-1-2-6-19-11/h9-11H,1-8H2,(H,16,17)(H2,14,15,18). The molecule has 1 saturated carbocycles. The van der Waals surface area contributed by atoms with E-state index >= 15 is 0 Å². The SMILES string of the molecule is O=C(NCC1CCCCS1)NC1CCC(C(=O)O)C1. The number of aliphatic carboxylic acids is 1. The monoisotopic (exact) mass is 286 g/mol. The van der Waals surface area contributed by atoms with Gasteiger partial charge in [-0.25, -0.2) is 4.79 Å². The zero-order valence-electron chi connectivity index (χ0n) is 11.1. The Morgan fingerprint density at radius 3 is 2.68 bits per heavy atom. The topological polar surface area (TPSA) is 78.4 Å². The molecule has 1 aliphatic carbocycles. The van der Waals surface area contributed by atoms with Gasteiger partial charge >= 0.3 is 12.0 Å². The molecule has 0 spiro atoms. The maximum Gasteiger partial charge on any atom is 0.315 e. The van der Waals surface area contributed by atoms with Crippen molar-refractivity contribution >= 4 is 23.8 Å². The van der Waals surface area contributed by atoms with Gasteiger partial charge in [0.2, 0.25) is 0 Å². The zero-order chi connectivity index (χ0) is 13.7. The van der Waals surface area contributed by atoms with Crippen LogP contribution in [0.25, 0.3) is 0 Å². The van der Waals surface area contributed by atoms with Gasteiger partial charge in [-0.2, -0.15) is 11.8 Å². The number of urea groups is 1. The lowest BCUT2D eigenvalue weighted by Crippen LogP contribution is -2.43. The van der Waals surface area contributed by atoms with Crippen LogP contribution in [0, 0.1) is 5.92 Å². The molecule has 2 rings (SSSR count). The first kappa shape index (κ1) is 14.5. The fraction of sp³-hybridized carbons (Fsp3) is 0.846. The summed E-state index contributed by atoms with van der Waals surface area (Å²) in [5.74, 6) is 0.152. The first-order valence-electron chi connectivity index (χ1n) is 7.04. The minimum absolute atomic E-state index is 0.0140. The molecule has 6 heteroatoms. The molecule has 0 radical (unpaired) electrons. The summed E-state index contributed by atoms with van der Waals surface area (Å²) < 4.78 is 0. The first-order chi connectivity index (χ1) is 9.15. The van der Waals surface area contributed by atoms with Gasteiger partial charge < -0.3 is 15.7 Å². The number of hydrogen-bond donors (Lipinski definition) is 3. The molecule has 19 heavy (non-hydrogen) atoms. The van der Waals surface area contributed by atoms with Crippen LogP contribution in [0.4, 0.5) is 4.79 Å². The molecule has 5 nitrogen and oxygen atoms in total. The van der Waals surface area contributed by atoms with Gasteiger partial charge in [0.1, 0.15) is 0 Å². The number of thioether (sulfide) groups is 1. The average molecular weight is 286 g/mol. The minimum Gasteiger partial charge on any atom is -0.481 e. The molecule has 3 atom stereocenters. The molecule has 0 aromatic rings. The van der Waals surface area contributed by atoms with E-state index in [1.165, 1.54) is 25.0 Å². The molecule has 3 N–H and O–H groups in total. The lowest BCUT2D eigenvalue weighted by molar-refractivity contribution is -0.141. The second-order valence-corrected chi connectivity index (χ2v) is 6.80. The molecule has 2 aliphatic rings. The Morgan fingerprint density at radius 2 is 2.05 bits per heavy atom. The van der Waals surface area contributed by atoms with E-state index in [4.69, 9.17) is 5.11 Å². The van der Waals surface area contributed by atoms with E-state index in [0.717, 1.165) is 6.42 Å². The van der Waals surface area contributed by atoms with E-state index < -0.39 is 5.97 Å². The summed E-state index contributed by atoms with van der Waals surface area (Å²) in [5, 5.41) is 15.2. The highest BCUT2D eigenvalue weighted by Crippen LogP contribution is 2.26. The molecule has 1 heterocycles. The van der Waals surface area contributed by atoms with Crippen LogP contribution in [0.15, 0.2) is 0 Å². The third-order valence-electron chi connectivity index (χ3n) is 3.88. The van der Waals surface area contributed by atoms with E-state index in [2.05, 4.69) is 10.6 Å². The summed E-state index contributed by atoms with van der Waals surface area (Å²) in [6.45, 7) is 0.714. The fourth-order valence-electron chi connectivity index (χ4n) is 2.75. The fourth-order valence-corrected chi connectivity index (χ4v) is 3.99. The van der Waals surface area contributed by atoms with E-state index in [-0.39, 0.29) is 18.0 Å². The summed E-state index contributed by atoms with van der Waals surface area (Å²) in [7, 11) is 0. The van der Waals surface area contributed by atoms with Crippen molar-refractivity contribution in [3.8, 4) is 0 Å². The lowest BCUT2D eigenvalue weighted by Gasteiger charge is -2.22. The summed E-state index contributed by atoms with van der Waals surface area (Å²) in [5.41, 5.74) is 0. The molecule has 2 amide bonds. The second kappa shape index (κ2) is 7.03. The first-order valence-corrected chi connectivity index (χ1v) is 8.09. The number of carbonyl (C=O) groups excluding carboxylic acids is 1. The van der Waals surface area contributed by atoms with E-state index in [0.29, 0.717) is 24.6 Å². The van der Waals surface area contributed by atoms with Crippen molar-refractivity contribution in [3.05, 3.63) is 0 Å². The highest BCUT2D eigenvalue weighted by atomic mass is 32.2. The predicted molar refractivity (Wildman–Crippen MR) is 75.4 cm³/mol. The molecule has 2 fully saturated rings. The zero-order valence-corrected chi connectivity index (χ0v) is 11.9. The molecule has 3 unspecified atom stereocenters. The van der Waals surface area contributed by atoms with Crippen molar-refractivity contribution < 1.29 is 14.7 Å². The van der Waals surface area contributed by atoms with Crippen molar-refractivity contribution in [2.75, 3.05) is 12.3 Å². The van der Waals surface area contributed by atoms with E-state index in [1.54, 1.807) is 0 Å². The number of rotatable bonds is 4. The highest BCUT2D eigenvalue weighted by Gasteiger charge is 2.30. The van der Waals surface area contributed by atoms with Crippen molar-refractivity contribution in [2.45, 2.75) is 49.8 Å². The lowest BCUT2D eigenvalue weighted by atomic mass is 10.1. The van der Waals surface area contributed by atoms with Crippen LogP contribution in [0.2, 0.25) is 0 Å². The molecule has 108 valence electrons. The third-order valence-corrected chi connectivity index (χ3v) is 5.28. The molecular formula is C13H22N2O3S. The van der Waals surface area contributed by atoms with Crippen LogP contribution < -0.4 is 10.6 Å². The Kier molecular flexibility index (Phi) is 5.36. The average Bonchev–Trinajstić information content (AvgIpc) is 2.86. The maximum absolute atomic E-state index is 11.7. The predicted octanol–water partition coefficient (Wildman–Crippen LogP) is 1.82. The number of hydrogen-bond acceptors (Lipinski definition) is 3. The van der Waals surface area contributed by atoms with Gasteiger partial charge in [-0.3, -0.25) is 4.79 Å². The highest BCUT2D eigenvalue weighted by molar-refractivity contribution is 7.99. The third kappa shape index (κ3) is 4.60. The second-order valence-electron chi connectivity index (χ2n) is 5.39. The number of carbonyl (C=O) groups is 2. The Morgan fingerprint density at radius 1 is 1.21 bits per heavy atom. The number of carboxylic acid groups (broad SMARTS) is 1. The number of amides is 2. The van der Waals surface area contributed by atoms with Gasteiger partial charge in [0.05, 0.1) is 5.92 Å². The number of carboxylic acids is 1. The molecular weight excluding hydrogens is 264 g/mol. The van der Waals surface area contributed by atoms with Crippen LogP contribution in [0.5, 0.6) is 0 Å². The summed E-state index contributed by atoms with van der Waals surface area (Å²) in [4.78, 5) is 22.6. The smallest absolute Gasteiger partial charge is 0.315 e. The maximum atomic E-state index is 11.7. The Bertz CT molecular complexity index is 332. The van der Waals surface area contributed by atoms with Crippen LogP contribution in [-0.2, 0) is 4.79 Å². The number of nitrogens with one attached hydrogen (secondary N) is 2. The summed E-state index contributed by atoms with van der Waals surface area (Å²) >= 11 is 1.93. The molecule has 1 aliphatic heterocycles. The van der Waals surface area contributed by atoms with Crippen LogP contribution in [-0.4, -0.2) is 40.7 Å². The Hall–Kier alpha value is -0.910. The quantitative estimate of drug-likeness (QED) is 0.736. The minimum atomic E-state index is -0.747. The molecule has 0 aromatic carbocycles. The molecule has 0 bridgehead atoms. The van der Waals surface area contributed by atoms with Crippen LogP contribution in [0.1, 0.15) is 38.5 Å². The largest absolute Gasteiger partial charge is 0.481 e. The van der Waals surface area contributed by atoms with E-state index in [9.17, 15) is 9.59 Å². The van der Waals surface area contributed by atoms with Gasteiger partial charge in [-0.15, -0.1) is 0 Å². The molecule has 0 aromatic heterocycles. The summed E-state index contributed by atoms with van der Waals surface area (Å²) in [6.07, 6.45) is 5.70. The normalized spacial score (nSPS) is 30.8. The Balaban J connectivity index is 1.63. The van der Waals surface area contributed by atoms with E-state index in [1.807, 2.05) is 11.8 Å². The van der Waals surface area contributed by atoms with Gasteiger partial charge in [-0.1, -0.05) is 6.42 Å². The van der Waals surface area contributed by atoms with Crippen molar-refractivity contribution in [1.82, 2.24) is 10.6 Å². The van der Waals surface area contributed by atoms with Crippen molar-refractivity contribution in [2.24, 2.45) is 5.92 Å². The Labute approximate surface area is 117 Å². The van der Waals surface area contributed by atoms with Crippen LogP contribution >= 0.6 is 11.8 Å². The van der Waals surface area contributed by atoms with Gasteiger partial charge in [0, 0.05) is 17.8 Å².